The Labute approximate surface area is 163 Å². The fourth-order valence-electron chi connectivity index (χ4n) is 2.52. The van der Waals surface area contributed by atoms with Crippen molar-refractivity contribution in [2.45, 2.75) is 13.0 Å². The van der Waals surface area contributed by atoms with Crippen molar-refractivity contribution >= 4 is 23.2 Å². The van der Waals surface area contributed by atoms with E-state index in [4.69, 9.17) is 21.6 Å². The molecule has 0 bridgehead atoms. The summed E-state index contributed by atoms with van der Waals surface area (Å²) in [5, 5.41) is 12.0. The molecule has 0 heterocycles. The van der Waals surface area contributed by atoms with Gasteiger partial charge in [-0.2, -0.15) is 5.26 Å². The molecular formula is C22H17ClN2O2. The lowest BCUT2D eigenvalue weighted by Gasteiger charge is -2.16. The van der Waals surface area contributed by atoms with Crippen LogP contribution in [0.3, 0.4) is 0 Å². The van der Waals surface area contributed by atoms with Crippen molar-refractivity contribution in [1.82, 2.24) is 0 Å². The number of rotatable bonds is 5. The molecule has 0 spiro atoms. The van der Waals surface area contributed by atoms with Crippen molar-refractivity contribution in [2.24, 2.45) is 0 Å². The van der Waals surface area contributed by atoms with E-state index in [9.17, 15) is 4.79 Å². The lowest BCUT2D eigenvalue weighted by Crippen LogP contribution is -2.30. The van der Waals surface area contributed by atoms with E-state index in [1.54, 1.807) is 37.3 Å². The van der Waals surface area contributed by atoms with Crippen LogP contribution in [0.15, 0.2) is 72.8 Å². The summed E-state index contributed by atoms with van der Waals surface area (Å²) in [7, 11) is 0. The summed E-state index contributed by atoms with van der Waals surface area (Å²) >= 11 is 6.33. The molecule has 0 saturated carbocycles. The first-order valence-electron chi connectivity index (χ1n) is 8.39. The van der Waals surface area contributed by atoms with Gasteiger partial charge in [0.15, 0.2) is 6.10 Å². The average Bonchev–Trinajstić information content (AvgIpc) is 2.70. The van der Waals surface area contributed by atoms with Crippen LogP contribution in [0, 0.1) is 11.3 Å². The van der Waals surface area contributed by atoms with Gasteiger partial charge in [0, 0.05) is 5.69 Å². The summed E-state index contributed by atoms with van der Waals surface area (Å²) in [6, 6.07) is 24.0. The van der Waals surface area contributed by atoms with Gasteiger partial charge < -0.3 is 10.1 Å². The first kappa shape index (κ1) is 18.5. The van der Waals surface area contributed by atoms with Gasteiger partial charge in [0.25, 0.3) is 5.91 Å². The molecular weight excluding hydrogens is 360 g/mol. The highest BCUT2D eigenvalue weighted by Crippen LogP contribution is 2.31. The van der Waals surface area contributed by atoms with Crippen LogP contribution >= 0.6 is 11.6 Å². The molecule has 0 fully saturated rings. The minimum absolute atomic E-state index is 0.303. The molecule has 5 heteroatoms. The smallest absolute Gasteiger partial charge is 0.265 e. The number of anilines is 1. The summed E-state index contributed by atoms with van der Waals surface area (Å²) < 4.78 is 5.72. The van der Waals surface area contributed by atoms with Crippen molar-refractivity contribution < 1.29 is 9.53 Å². The number of carbonyl (C=O) groups is 1. The number of hydrogen-bond donors (Lipinski definition) is 1. The summed E-state index contributed by atoms with van der Waals surface area (Å²) in [5.41, 5.74) is 3.16. The van der Waals surface area contributed by atoms with Gasteiger partial charge in [-0.3, -0.25) is 4.79 Å². The maximum Gasteiger partial charge on any atom is 0.265 e. The van der Waals surface area contributed by atoms with Crippen molar-refractivity contribution in [3.05, 3.63) is 83.4 Å². The van der Waals surface area contributed by atoms with Crippen LogP contribution in [0.4, 0.5) is 5.69 Å². The lowest BCUT2D eigenvalue weighted by molar-refractivity contribution is -0.122. The molecule has 1 N–H and O–H groups in total. The normalized spacial score (nSPS) is 11.3. The maximum atomic E-state index is 12.3. The van der Waals surface area contributed by atoms with Gasteiger partial charge in [-0.15, -0.1) is 0 Å². The maximum absolute atomic E-state index is 12.3. The van der Waals surface area contributed by atoms with Gasteiger partial charge in [-0.1, -0.05) is 48.0 Å². The molecule has 1 amide bonds. The van der Waals surface area contributed by atoms with Crippen LogP contribution in [0.2, 0.25) is 5.02 Å². The molecule has 4 nitrogen and oxygen atoms in total. The van der Waals surface area contributed by atoms with Gasteiger partial charge in [0.05, 0.1) is 16.7 Å². The second kappa shape index (κ2) is 8.39. The number of ether oxygens (including phenoxy) is 1. The zero-order valence-corrected chi connectivity index (χ0v) is 15.4. The highest BCUT2D eigenvalue weighted by Gasteiger charge is 2.16. The molecule has 27 heavy (non-hydrogen) atoms. The second-order valence-electron chi connectivity index (χ2n) is 5.95. The van der Waals surface area contributed by atoms with Gasteiger partial charge in [0.2, 0.25) is 0 Å². The number of halogens is 1. The predicted octanol–water partition coefficient (Wildman–Crippen LogP) is 5.28. The number of benzene rings is 3. The molecule has 134 valence electrons. The van der Waals surface area contributed by atoms with Crippen LogP contribution in [0.1, 0.15) is 12.5 Å². The molecule has 0 radical (unpaired) electrons. The zero-order valence-electron chi connectivity index (χ0n) is 14.6. The van der Waals surface area contributed by atoms with E-state index in [1.165, 1.54) is 0 Å². The highest BCUT2D eigenvalue weighted by molar-refractivity contribution is 6.32. The van der Waals surface area contributed by atoms with Gasteiger partial charge in [-0.05, 0) is 54.4 Å². The van der Waals surface area contributed by atoms with E-state index in [1.807, 2.05) is 48.5 Å². The molecule has 3 aromatic carbocycles. The second-order valence-corrected chi connectivity index (χ2v) is 6.36. The summed E-state index contributed by atoms with van der Waals surface area (Å²) in [4.78, 5) is 12.3. The number of carbonyl (C=O) groups excluding carboxylic acids is 1. The van der Waals surface area contributed by atoms with E-state index in [2.05, 4.69) is 5.32 Å². The topological polar surface area (TPSA) is 62.1 Å². The molecule has 1 atom stereocenters. The molecule has 0 saturated heterocycles. The SMILES string of the molecule is C[C@H](Oc1ccc(-c2ccccc2)cc1Cl)C(=O)Nc1ccc(C#N)cc1. The van der Waals surface area contributed by atoms with Crippen LogP contribution < -0.4 is 10.1 Å². The third kappa shape index (κ3) is 4.66. The Bertz CT molecular complexity index is 979. The number of hydrogen-bond acceptors (Lipinski definition) is 3. The number of amides is 1. The molecule has 0 aliphatic carbocycles. The Hall–Kier alpha value is -3.29. The number of nitriles is 1. The van der Waals surface area contributed by atoms with E-state index in [0.29, 0.717) is 22.0 Å². The zero-order chi connectivity index (χ0) is 19.2. The largest absolute Gasteiger partial charge is 0.479 e. The fraction of sp³-hybridized carbons (Fsp3) is 0.0909. The van der Waals surface area contributed by atoms with Gasteiger partial charge in [-0.25, -0.2) is 0 Å². The van der Waals surface area contributed by atoms with Crippen LogP contribution in [-0.4, -0.2) is 12.0 Å². The van der Waals surface area contributed by atoms with E-state index < -0.39 is 6.10 Å². The summed E-state index contributed by atoms with van der Waals surface area (Å²) in [5.74, 6) is 0.140. The van der Waals surface area contributed by atoms with Crippen LogP contribution in [0.25, 0.3) is 11.1 Å². The third-order valence-electron chi connectivity index (χ3n) is 3.99. The minimum atomic E-state index is -0.735. The molecule has 0 aliphatic rings. The van der Waals surface area contributed by atoms with Crippen molar-refractivity contribution in [3.8, 4) is 22.9 Å². The number of nitrogens with zero attached hydrogens (tertiary/aromatic N) is 1. The van der Waals surface area contributed by atoms with Gasteiger partial charge in [0.1, 0.15) is 5.75 Å². The molecule has 0 unspecified atom stereocenters. The predicted molar refractivity (Wildman–Crippen MR) is 107 cm³/mol. The quantitative estimate of drug-likeness (QED) is 0.658. The lowest BCUT2D eigenvalue weighted by atomic mass is 10.1. The Kier molecular flexibility index (Phi) is 5.75. The standard InChI is InChI=1S/C22H17ClN2O2/c1-15(22(26)25-19-10-7-16(14-24)8-11-19)27-21-12-9-18(13-20(21)23)17-5-3-2-4-6-17/h2-13,15H,1H3,(H,25,26)/t15-/m0/s1. The highest BCUT2D eigenvalue weighted by atomic mass is 35.5. The fourth-order valence-corrected chi connectivity index (χ4v) is 2.75. The van der Waals surface area contributed by atoms with E-state index in [0.717, 1.165) is 11.1 Å². The molecule has 0 aromatic heterocycles. The Morgan fingerprint density at radius 2 is 1.74 bits per heavy atom. The van der Waals surface area contributed by atoms with E-state index in [-0.39, 0.29) is 5.91 Å². The Balaban J connectivity index is 1.67. The third-order valence-corrected chi connectivity index (χ3v) is 4.29. The van der Waals surface area contributed by atoms with Crippen LogP contribution in [0.5, 0.6) is 5.75 Å². The Morgan fingerprint density at radius 3 is 2.37 bits per heavy atom. The molecule has 3 aromatic rings. The van der Waals surface area contributed by atoms with Crippen molar-refractivity contribution in [3.63, 3.8) is 0 Å². The minimum Gasteiger partial charge on any atom is -0.479 e. The monoisotopic (exact) mass is 376 g/mol. The number of nitrogens with one attached hydrogen (secondary N) is 1. The molecule has 3 rings (SSSR count). The summed E-state index contributed by atoms with van der Waals surface area (Å²) in [6.45, 7) is 1.65. The van der Waals surface area contributed by atoms with Crippen molar-refractivity contribution in [2.75, 3.05) is 5.32 Å². The van der Waals surface area contributed by atoms with Crippen molar-refractivity contribution in [1.29, 1.82) is 5.26 Å². The average molecular weight is 377 g/mol. The first-order valence-corrected chi connectivity index (χ1v) is 8.77. The van der Waals surface area contributed by atoms with Crippen LogP contribution in [-0.2, 0) is 4.79 Å². The van der Waals surface area contributed by atoms with E-state index >= 15 is 0 Å². The first-order chi connectivity index (χ1) is 13.1. The summed E-state index contributed by atoms with van der Waals surface area (Å²) in [6.07, 6.45) is -0.735. The van der Waals surface area contributed by atoms with Gasteiger partial charge >= 0.3 is 0 Å². The molecule has 0 aliphatic heterocycles. The Morgan fingerprint density at radius 1 is 1.04 bits per heavy atom.